The first-order chi connectivity index (χ1) is 13.2. The summed E-state index contributed by atoms with van der Waals surface area (Å²) in [5.74, 6) is -2.50. The number of amides is 3. The molecule has 1 aliphatic heterocycles. The normalized spacial score (nSPS) is 17.4. The molecule has 0 radical (unpaired) electrons. The fourth-order valence-electron chi connectivity index (χ4n) is 2.97. The van der Waals surface area contributed by atoms with Gasteiger partial charge in [0.2, 0.25) is 17.7 Å². The Morgan fingerprint density at radius 2 is 1.89 bits per heavy atom. The van der Waals surface area contributed by atoms with E-state index in [2.05, 4.69) is 10.6 Å². The van der Waals surface area contributed by atoms with Crippen molar-refractivity contribution in [2.75, 3.05) is 25.1 Å². The van der Waals surface area contributed by atoms with Crippen molar-refractivity contribution in [3.05, 3.63) is 24.3 Å². The summed E-state index contributed by atoms with van der Waals surface area (Å²) < 4.78 is 5.10. The third kappa shape index (κ3) is 5.21. The van der Waals surface area contributed by atoms with Gasteiger partial charge >= 0.3 is 5.97 Å². The molecule has 28 heavy (non-hydrogen) atoms. The van der Waals surface area contributed by atoms with Gasteiger partial charge in [-0.05, 0) is 30.2 Å². The molecule has 9 nitrogen and oxygen atoms in total. The summed E-state index contributed by atoms with van der Waals surface area (Å²) in [6, 6.07) is 6.08. The second-order valence-electron chi connectivity index (χ2n) is 6.95. The summed E-state index contributed by atoms with van der Waals surface area (Å²) in [7, 11) is 1.55. The zero-order valence-corrected chi connectivity index (χ0v) is 16.1. The number of nitrogens with one attached hydrogen (secondary N) is 2. The highest BCUT2D eigenvalue weighted by Gasteiger charge is 2.37. The van der Waals surface area contributed by atoms with Crippen molar-refractivity contribution >= 4 is 29.4 Å². The van der Waals surface area contributed by atoms with Gasteiger partial charge in [0, 0.05) is 18.7 Å². The molecule has 9 heteroatoms. The molecule has 0 bridgehead atoms. The maximum atomic E-state index is 12.6. The molecule has 2 atom stereocenters. The van der Waals surface area contributed by atoms with E-state index in [1.165, 1.54) is 4.90 Å². The van der Waals surface area contributed by atoms with Crippen LogP contribution in [-0.2, 0) is 19.2 Å². The van der Waals surface area contributed by atoms with Crippen molar-refractivity contribution in [3.63, 3.8) is 0 Å². The van der Waals surface area contributed by atoms with E-state index in [0.29, 0.717) is 11.4 Å². The van der Waals surface area contributed by atoms with Crippen molar-refractivity contribution < 1.29 is 29.0 Å². The smallest absolute Gasteiger partial charge is 0.322 e. The number of rotatable bonds is 8. The summed E-state index contributed by atoms with van der Waals surface area (Å²) in [6.07, 6.45) is 0.0411. The van der Waals surface area contributed by atoms with Crippen molar-refractivity contribution in [1.82, 2.24) is 10.6 Å². The van der Waals surface area contributed by atoms with E-state index in [1.807, 2.05) is 0 Å². The van der Waals surface area contributed by atoms with Crippen LogP contribution in [-0.4, -0.2) is 55.0 Å². The number of benzene rings is 1. The van der Waals surface area contributed by atoms with E-state index < -0.39 is 36.3 Å². The number of anilines is 1. The number of carbonyl (C=O) groups excluding carboxylic acids is 3. The monoisotopic (exact) mass is 391 g/mol. The van der Waals surface area contributed by atoms with Crippen molar-refractivity contribution in [3.8, 4) is 5.75 Å². The molecule has 1 aromatic rings. The summed E-state index contributed by atoms with van der Waals surface area (Å²) in [5, 5.41) is 13.6. The average Bonchev–Trinajstić information content (AvgIpc) is 3.05. The van der Waals surface area contributed by atoms with Crippen LogP contribution in [0.1, 0.15) is 20.3 Å². The molecule has 0 aliphatic carbocycles. The number of hydrogen-bond donors (Lipinski definition) is 3. The lowest BCUT2D eigenvalue weighted by Gasteiger charge is -2.23. The summed E-state index contributed by atoms with van der Waals surface area (Å²) in [4.78, 5) is 49.3. The second kappa shape index (κ2) is 9.20. The number of aliphatic carboxylic acids is 1. The van der Waals surface area contributed by atoms with Crippen molar-refractivity contribution in [2.45, 2.75) is 26.3 Å². The van der Waals surface area contributed by atoms with Crippen molar-refractivity contribution in [1.29, 1.82) is 0 Å². The first kappa shape index (κ1) is 21.2. The minimum absolute atomic E-state index is 0.0411. The highest BCUT2D eigenvalue weighted by atomic mass is 16.5. The van der Waals surface area contributed by atoms with Crippen LogP contribution in [0.4, 0.5) is 5.69 Å². The number of carboxylic acid groups (broad SMARTS) is 1. The minimum Gasteiger partial charge on any atom is -0.497 e. The van der Waals surface area contributed by atoms with Gasteiger partial charge in [0.25, 0.3) is 0 Å². The van der Waals surface area contributed by atoms with Crippen molar-refractivity contribution in [2.24, 2.45) is 11.8 Å². The standard InChI is InChI=1S/C19H25N3O6/c1-11(2)17(19(27)20-9-16(24)25)21-18(26)12-8-15(23)22(10-12)13-4-6-14(28-3)7-5-13/h4-7,11-12,17H,8-10H2,1-3H3,(H,20,27)(H,21,26)(H,24,25)/t12?,17-/m0/s1. The lowest BCUT2D eigenvalue weighted by molar-refractivity contribution is -0.138. The minimum atomic E-state index is -1.17. The molecule has 0 spiro atoms. The lowest BCUT2D eigenvalue weighted by atomic mass is 10.0. The van der Waals surface area contributed by atoms with Crippen LogP contribution in [0.3, 0.4) is 0 Å². The summed E-state index contributed by atoms with van der Waals surface area (Å²) in [6.45, 7) is 3.17. The quantitative estimate of drug-likeness (QED) is 0.589. The number of methoxy groups -OCH3 is 1. The zero-order chi connectivity index (χ0) is 20.8. The van der Waals surface area contributed by atoms with Gasteiger partial charge in [-0.25, -0.2) is 0 Å². The highest BCUT2D eigenvalue weighted by molar-refractivity contribution is 6.01. The van der Waals surface area contributed by atoms with Gasteiger partial charge in [-0.1, -0.05) is 13.8 Å². The molecule has 3 amide bonds. The predicted molar refractivity (Wildman–Crippen MR) is 101 cm³/mol. The molecule has 3 N–H and O–H groups in total. The van der Waals surface area contributed by atoms with Crippen LogP contribution >= 0.6 is 0 Å². The van der Waals surface area contributed by atoms with Gasteiger partial charge in [-0.3, -0.25) is 19.2 Å². The Hall–Kier alpha value is -3.10. The van der Waals surface area contributed by atoms with E-state index in [-0.39, 0.29) is 24.8 Å². The fourth-order valence-corrected chi connectivity index (χ4v) is 2.97. The molecule has 152 valence electrons. The topological polar surface area (TPSA) is 125 Å². The fraction of sp³-hybridized carbons (Fsp3) is 0.474. The van der Waals surface area contributed by atoms with Gasteiger partial charge in [-0.2, -0.15) is 0 Å². The van der Waals surface area contributed by atoms with Crippen LogP contribution in [0, 0.1) is 11.8 Å². The number of ether oxygens (including phenoxy) is 1. The largest absolute Gasteiger partial charge is 0.497 e. The van der Waals surface area contributed by atoms with Gasteiger partial charge < -0.3 is 25.4 Å². The van der Waals surface area contributed by atoms with Crippen LogP contribution < -0.4 is 20.3 Å². The first-order valence-corrected chi connectivity index (χ1v) is 8.97. The van der Waals surface area contributed by atoms with E-state index in [0.717, 1.165) is 0 Å². The second-order valence-corrected chi connectivity index (χ2v) is 6.95. The SMILES string of the molecule is COc1ccc(N2CC(C(=O)N[C@H](C(=O)NCC(=O)O)C(C)C)CC2=O)cc1. The van der Waals surface area contributed by atoms with Gasteiger partial charge in [-0.15, -0.1) is 0 Å². The Balaban J connectivity index is 2.01. The van der Waals surface area contributed by atoms with Crippen LogP contribution in [0.2, 0.25) is 0 Å². The van der Waals surface area contributed by atoms with Crippen LogP contribution in [0.5, 0.6) is 5.75 Å². The molecular formula is C19H25N3O6. The molecule has 0 saturated carbocycles. The zero-order valence-electron chi connectivity index (χ0n) is 16.1. The maximum absolute atomic E-state index is 12.6. The Morgan fingerprint density at radius 3 is 2.43 bits per heavy atom. The van der Waals surface area contributed by atoms with Gasteiger partial charge in [0.1, 0.15) is 18.3 Å². The molecule has 2 rings (SSSR count). The van der Waals surface area contributed by atoms with Gasteiger partial charge in [0.05, 0.1) is 13.0 Å². The number of hydrogen-bond acceptors (Lipinski definition) is 5. The van der Waals surface area contributed by atoms with Crippen LogP contribution in [0.25, 0.3) is 0 Å². The molecule has 0 aromatic heterocycles. The van der Waals surface area contributed by atoms with E-state index in [4.69, 9.17) is 9.84 Å². The number of carbonyl (C=O) groups is 4. The number of nitrogens with zero attached hydrogens (tertiary/aromatic N) is 1. The first-order valence-electron chi connectivity index (χ1n) is 8.97. The number of carboxylic acids is 1. The summed E-state index contributed by atoms with van der Waals surface area (Å²) in [5.41, 5.74) is 0.667. The Labute approximate surface area is 163 Å². The van der Waals surface area contributed by atoms with Gasteiger partial charge in [0.15, 0.2) is 0 Å². The third-order valence-corrected chi connectivity index (χ3v) is 4.54. The maximum Gasteiger partial charge on any atom is 0.322 e. The predicted octanol–water partition coefficient (Wildman–Crippen LogP) is 0.390. The molecule has 1 fully saturated rings. The Kier molecular flexibility index (Phi) is 6.97. The molecule has 1 saturated heterocycles. The Morgan fingerprint density at radius 1 is 1.25 bits per heavy atom. The van der Waals surface area contributed by atoms with E-state index >= 15 is 0 Å². The molecular weight excluding hydrogens is 366 g/mol. The third-order valence-electron chi connectivity index (χ3n) is 4.54. The molecule has 1 heterocycles. The summed E-state index contributed by atoms with van der Waals surface area (Å²) >= 11 is 0. The van der Waals surface area contributed by atoms with E-state index in [9.17, 15) is 19.2 Å². The van der Waals surface area contributed by atoms with E-state index in [1.54, 1.807) is 45.2 Å². The molecule has 1 aromatic carbocycles. The molecule has 1 unspecified atom stereocenters. The average molecular weight is 391 g/mol. The lowest BCUT2D eigenvalue weighted by Crippen LogP contribution is -2.52. The molecule has 1 aliphatic rings. The van der Waals surface area contributed by atoms with Crippen LogP contribution in [0.15, 0.2) is 24.3 Å². The Bertz CT molecular complexity index is 747. The highest BCUT2D eigenvalue weighted by Crippen LogP contribution is 2.27.